The highest BCUT2D eigenvalue weighted by molar-refractivity contribution is 5.56. The lowest BCUT2D eigenvalue weighted by atomic mass is 10.2. The minimum atomic E-state index is -0.430. The maximum atomic E-state index is 8.94. The van der Waals surface area contributed by atoms with Crippen LogP contribution in [0.25, 0.3) is 0 Å². The van der Waals surface area contributed by atoms with Crippen LogP contribution in [0.2, 0.25) is 0 Å². The third kappa shape index (κ3) is 1.95. The first-order valence-corrected chi connectivity index (χ1v) is 4.96. The minimum absolute atomic E-state index is 0.390. The highest BCUT2D eigenvalue weighted by Crippen LogP contribution is 2.20. The molecule has 2 heterocycles. The van der Waals surface area contributed by atoms with E-state index >= 15 is 0 Å². The summed E-state index contributed by atoms with van der Waals surface area (Å²) in [6.45, 7) is 1.66. The molecule has 2 rings (SSSR count). The van der Waals surface area contributed by atoms with Gasteiger partial charge in [-0.15, -0.1) is 0 Å². The van der Waals surface area contributed by atoms with E-state index in [1.54, 1.807) is 12.3 Å². The zero-order valence-corrected chi connectivity index (χ0v) is 8.63. The van der Waals surface area contributed by atoms with E-state index in [1.807, 2.05) is 17.0 Å². The van der Waals surface area contributed by atoms with Crippen molar-refractivity contribution >= 4 is 5.69 Å². The van der Waals surface area contributed by atoms with Gasteiger partial charge < -0.3 is 9.64 Å². The molecule has 0 amide bonds. The number of anilines is 1. The van der Waals surface area contributed by atoms with E-state index in [-0.39, 0.29) is 0 Å². The Bertz CT molecular complexity index is 460. The molecule has 0 saturated carbocycles. The van der Waals surface area contributed by atoms with Crippen LogP contribution in [0.3, 0.4) is 0 Å². The van der Waals surface area contributed by atoms with Crippen molar-refractivity contribution in [2.24, 2.45) is 0 Å². The number of nitrogens with zero attached hydrogens (tertiary/aromatic N) is 4. The average Bonchev–Trinajstić information content (AvgIpc) is 2.38. The molecular formula is C11H10N4O. The number of hydrogen-bond donors (Lipinski definition) is 0. The summed E-state index contributed by atoms with van der Waals surface area (Å²) < 4.78 is 5.25. The lowest BCUT2D eigenvalue weighted by Crippen LogP contribution is -2.42. The van der Waals surface area contributed by atoms with Crippen molar-refractivity contribution < 1.29 is 4.74 Å². The van der Waals surface area contributed by atoms with Gasteiger partial charge in [0.2, 0.25) is 0 Å². The maximum Gasteiger partial charge on any atom is 0.163 e. The average molecular weight is 214 g/mol. The first-order chi connectivity index (χ1) is 7.85. The fourth-order valence-corrected chi connectivity index (χ4v) is 1.68. The van der Waals surface area contributed by atoms with E-state index in [0.29, 0.717) is 25.4 Å². The number of morpholine rings is 1. The Morgan fingerprint density at radius 3 is 3.12 bits per heavy atom. The number of ether oxygens (including phenoxy) is 1. The Morgan fingerprint density at radius 1 is 1.50 bits per heavy atom. The summed E-state index contributed by atoms with van der Waals surface area (Å²) in [6.07, 6.45) is 1.16. The molecule has 5 heteroatoms. The first kappa shape index (κ1) is 10.4. The third-order valence-electron chi connectivity index (χ3n) is 2.44. The van der Waals surface area contributed by atoms with E-state index in [1.165, 1.54) is 0 Å². The molecule has 80 valence electrons. The number of aromatic nitrogens is 1. The van der Waals surface area contributed by atoms with Gasteiger partial charge in [-0.3, -0.25) is 0 Å². The quantitative estimate of drug-likeness (QED) is 0.687. The summed E-state index contributed by atoms with van der Waals surface area (Å²) >= 11 is 0. The largest absolute Gasteiger partial charge is 0.363 e. The van der Waals surface area contributed by atoms with Crippen LogP contribution in [0.15, 0.2) is 18.3 Å². The number of pyridine rings is 1. The van der Waals surface area contributed by atoms with E-state index in [2.05, 4.69) is 11.1 Å². The molecule has 1 fully saturated rings. The second kappa shape index (κ2) is 4.61. The van der Waals surface area contributed by atoms with E-state index in [9.17, 15) is 0 Å². The number of hydrogen-bond acceptors (Lipinski definition) is 5. The predicted molar refractivity (Wildman–Crippen MR) is 56.5 cm³/mol. The summed E-state index contributed by atoms with van der Waals surface area (Å²) in [6, 6.07) is 7.75. The highest BCUT2D eigenvalue weighted by atomic mass is 16.5. The van der Waals surface area contributed by atoms with Gasteiger partial charge in [0.25, 0.3) is 0 Å². The zero-order chi connectivity index (χ0) is 11.4. The van der Waals surface area contributed by atoms with Crippen molar-refractivity contribution in [2.45, 2.75) is 6.10 Å². The van der Waals surface area contributed by atoms with Crippen LogP contribution in [0.4, 0.5) is 5.69 Å². The van der Waals surface area contributed by atoms with Crippen molar-refractivity contribution in [1.82, 2.24) is 4.98 Å². The van der Waals surface area contributed by atoms with Crippen LogP contribution in [-0.4, -0.2) is 30.8 Å². The van der Waals surface area contributed by atoms with Crippen LogP contribution in [0.5, 0.6) is 0 Å². The molecule has 0 N–H and O–H groups in total. The van der Waals surface area contributed by atoms with Crippen molar-refractivity contribution in [3.8, 4) is 12.1 Å². The second-order valence-corrected chi connectivity index (χ2v) is 3.42. The second-order valence-electron chi connectivity index (χ2n) is 3.42. The van der Waals surface area contributed by atoms with Crippen molar-refractivity contribution in [1.29, 1.82) is 10.5 Å². The first-order valence-electron chi connectivity index (χ1n) is 4.96. The Morgan fingerprint density at radius 2 is 2.38 bits per heavy atom. The van der Waals surface area contributed by atoms with Gasteiger partial charge >= 0.3 is 0 Å². The van der Waals surface area contributed by atoms with Gasteiger partial charge in [0.05, 0.1) is 24.9 Å². The summed E-state index contributed by atoms with van der Waals surface area (Å²) in [5.74, 6) is 0. The molecule has 16 heavy (non-hydrogen) atoms. The lowest BCUT2D eigenvalue weighted by Gasteiger charge is -2.31. The minimum Gasteiger partial charge on any atom is -0.363 e. The molecule has 0 radical (unpaired) electrons. The normalized spacial score (nSPS) is 19.9. The van der Waals surface area contributed by atoms with E-state index < -0.39 is 6.10 Å². The standard InChI is InChI=1S/C11H10N4O/c12-6-9-8-15(4-5-16-9)11-2-1-3-14-10(11)7-13/h1-3,9H,4-5,8H2. The SMILES string of the molecule is N#Cc1ncccc1N1CCOC(C#N)C1. The van der Waals surface area contributed by atoms with Gasteiger partial charge in [-0.2, -0.15) is 10.5 Å². The molecule has 1 aromatic heterocycles. The van der Waals surface area contributed by atoms with Crippen molar-refractivity contribution in [2.75, 3.05) is 24.6 Å². The van der Waals surface area contributed by atoms with Crippen LogP contribution >= 0.6 is 0 Å². The molecule has 0 spiro atoms. The number of nitriles is 2. The summed E-state index contributed by atoms with van der Waals surface area (Å²) in [5, 5.41) is 17.7. The van der Waals surface area contributed by atoms with Gasteiger partial charge in [-0.25, -0.2) is 4.98 Å². The monoisotopic (exact) mass is 214 g/mol. The summed E-state index contributed by atoms with van der Waals surface area (Å²) in [5.41, 5.74) is 1.16. The number of rotatable bonds is 1. The topological polar surface area (TPSA) is 72.9 Å². The van der Waals surface area contributed by atoms with E-state index in [4.69, 9.17) is 15.3 Å². The molecule has 0 bridgehead atoms. The fourth-order valence-electron chi connectivity index (χ4n) is 1.68. The van der Waals surface area contributed by atoms with Crippen LogP contribution in [0, 0.1) is 22.7 Å². The molecule has 1 aromatic rings. The smallest absolute Gasteiger partial charge is 0.163 e. The van der Waals surface area contributed by atoms with Crippen LogP contribution in [0.1, 0.15) is 5.69 Å². The molecule has 1 unspecified atom stereocenters. The molecule has 1 aliphatic heterocycles. The molecular weight excluding hydrogens is 204 g/mol. The Labute approximate surface area is 93.5 Å². The molecule has 1 saturated heterocycles. The molecule has 5 nitrogen and oxygen atoms in total. The molecule has 0 aromatic carbocycles. The lowest BCUT2D eigenvalue weighted by molar-refractivity contribution is 0.0764. The van der Waals surface area contributed by atoms with Gasteiger partial charge in [0.15, 0.2) is 11.8 Å². The predicted octanol–water partition coefficient (Wildman–Crippen LogP) is 0.682. The zero-order valence-electron chi connectivity index (χ0n) is 8.63. The van der Waals surface area contributed by atoms with Gasteiger partial charge in [0, 0.05) is 12.7 Å². The third-order valence-corrected chi connectivity index (χ3v) is 2.44. The van der Waals surface area contributed by atoms with Crippen molar-refractivity contribution in [3.63, 3.8) is 0 Å². The molecule has 1 aliphatic rings. The van der Waals surface area contributed by atoms with Crippen LogP contribution in [-0.2, 0) is 4.74 Å². The Balaban J connectivity index is 2.24. The van der Waals surface area contributed by atoms with Gasteiger partial charge in [-0.05, 0) is 12.1 Å². The molecule has 0 aliphatic carbocycles. The van der Waals surface area contributed by atoms with E-state index in [0.717, 1.165) is 5.69 Å². The summed E-state index contributed by atoms with van der Waals surface area (Å²) in [4.78, 5) is 5.96. The Hall–Kier alpha value is -2.11. The Kier molecular flexibility index (Phi) is 3.00. The summed E-state index contributed by atoms with van der Waals surface area (Å²) in [7, 11) is 0. The van der Waals surface area contributed by atoms with Crippen molar-refractivity contribution in [3.05, 3.63) is 24.0 Å². The highest BCUT2D eigenvalue weighted by Gasteiger charge is 2.22. The fraction of sp³-hybridized carbons (Fsp3) is 0.364. The molecule has 1 atom stereocenters. The van der Waals surface area contributed by atoms with Gasteiger partial charge in [0.1, 0.15) is 6.07 Å². The van der Waals surface area contributed by atoms with Crippen LogP contribution < -0.4 is 4.90 Å². The maximum absolute atomic E-state index is 8.94. The van der Waals surface area contributed by atoms with Gasteiger partial charge in [-0.1, -0.05) is 0 Å².